The fourth-order valence-corrected chi connectivity index (χ4v) is 2.49. The minimum Gasteiger partial charge on any atom is -0.488 e. The number of nitrogens with two attached hydrogens (primary N) is 1. The van der Waals surface area contributed by atoms with E-state index in [0.717, 1.165) is 11.1 Å². The minimum absolute atomic E-state index is 0.111. The van der Waals surface area contributed by atoms with E-state index in [0.29, 0.717) is 16.3 Å². The molecule has 2 N–H and O–H groups in total. The topological polar surface area (TPSA) is 78.4 Å². The van der Waals surface area contributed by atoms with Gasteiger partial charge in [-0.05, 0) is 37.1 Å². The smallest absolute Gasteiger partial charge is 0.292 e. The lowest BCUT2D eigenvalue weighted by Gasteiger charge is -2.13. The highest BCUT2D eigenvalue weighted by atomic mass is 35.5. The average molecular weight is 307 g/mol. The van der Waals surface area contributed by atoms with Crippen LogP contribution in [0.1, 0.15) is 16.7 Å². The van der Waals surface area contributed by atoms with E-state index < -0.39 is 4.92 Å². The van der Waals surface area contributed by atoms with Crippen molar-refractivity contribution in [2.45, 2.75) is 20.5 Å². The number of nitrogens with zero attached hydrogens (tertiary/aromatic N) is 1. The van der Waals surface area contributed by atoms with Crippen LogP contribution in [-0.4, -0.2) is 4.92 Å². The average Bonchev–Trinajstić information content (AvgIpc) is 2.38. The van der Waals surface area contributed by atoms with Gasteiger partial charge in [-0.2, -0.15) is 0 Å². The van der Waals surface area contributed by atoms with Crippen LogP contribution in [0.5, 0.6) is 5.75 Å². The van der Waals surface area contributed by atoms with Crippen molar-refractivity contribution in [1.29, 1.82) is 0 Å². The first-order chi connectivity index (χ1) is 9.90. The monoisotopic (exact) mass is 306 g/mol. The van der Waals surface area contributed by atoms with E-state index in [1.807, 2.05) is 13.8 Å². The van der Waals surface area contributed by atoms with Crippen LogP contribution in [0.2, 0.25) is 5.02 Å². The molecule has 110 valence electrons. The first-order valence-corrected chi connectivity index (χ1v) is 6.69. The number of halogens is 1. The van der Waals surface area contributed by atoms with Crippen LogP contribution in [0.25, 0.3) is 0 Å². The molecular formula is C15H15ClN2O3. The van der Waals surface area contributed by atoms with Gasteiger partial charge in [-0.25, -0.2) is 0 Å². The van der Waals surface area contributed by atoms with Gasteiger partial charge in [0.25, 0.3) is 5.69 Å². The van der Waals surface area contributed by atoms with Crippen molar-refractivity contribution >= 4 is 23.0 Å². The molecule has 21 heavy (non-hydrogen) atoms. The predicted molar refractivity (Wildman–Crippen MR) is 82.8 cm³/mol. The Morgan fingerprint density at radius 1 is 1.29 bits per heavy atom. The Balaban J connectivity index is 2.25. The zero-order valence-electron chi connectivity index (χ0n) is 11.7. The molecule has 0 bridgehead atoms. The number of rotatable bonds is 4. The Labute approximate surface area is 127 Å². The van der Waals surface area contributed by atoms with E-state index in [1.165, 1.54) is 6.07 Å². The summed E-state index contributed by atoms with van der Waals surface area (Å²) >= 11 is 5.97. The van der Waals surface area contributed by atoms with E-state index in [2.05, 4.69) is 0 Å². The molecule has 2 aromatic carbocycles. The fourth-order valence-electron chi connectivity index (χ4n) is 2.16. The third-order valence-electron chi connectivity index (χ3n) is 3.17. The lowest BCUT2D eigenvalue weighted by Crippen LogP contribution is -2.04. The summed E-state index contributed by atoms with van der Waals surface area (Å²) in [5, 5.41) is 11.5. The molecule has 0 spiro atoms. The maximum Gasteiger partial charge on any atom is 0.292 e. The van der Waals surface area contributed by atoms with Crippen molar-refractivity contribution in [3.05, 3.63) is 62.2 Å². The van der Waals surface area contributed by atoms with Crippen molar-refractivity contribution in [2.24, 2.45) is 0 Å². The summed E-state index contributed by atoms with van der Waals surface area (Å²) in [6.45, 7) is 3.95. The Hall–Kier alpha value is -2.27. The largest absolute Gasteiger partial charge is 0.488 e. The summed E-state index contributed by atoms with van der Waals surface area (Å²) in [7, 11) is 0. The molecule has 0 radical (unpaired) electrons. The number of nitro groups is 1. The van der Waals surface area contributed by atoms with Crippen LogP contribution >= 0.6 is 11.6 Å². The number of nitrogen functional groups attached to an aromatic ring is 1. The first kappa shape index (κ1) is 15.1. The summed E-state index contributed by atoms with van der Waals surface area (Å²) in [6, 6.07) is 8.29. The molecule has 2 rings (SSSR count). The van der Waals surface area contributed by atoms with Crippen LogP contribution in [0, 0.1) is 24.0 Å². The number of anilines is 1. The second-order valence-corrected chi connectivity index (χ2v) is 5.20. The number of hydrogen-bond acceptors (Lipinski definition) is 4. The highest BCUT2D eigenvalue weighted by Crippen LogP contribution is 2.30. The van der Waals surface area contributed by atoms with Crippen LogP contribution in [0.15, 0.2) is 30.3 Å². The molecule has 0 saturated heterocycles. The first-order valence-electron chi connectivity index (χ1n) is 6.31. The third-order valence-corrected chi connectivity index (χ3v) is 3.39. The molecule has 0 aliphatic rings. The predicted octanol–water partition coefficient (Wildman–Crippen LogP) is 4.03. The molecule has 5 nitrogen and oxygen atoms in total. The molecule has 0 aromatic heterocycles. The van der Waals surface area contributed by atoms with E-state index in [9.17, 15) is 10.1 Å². The molecule has 0 fully saturated rings. The molecular weight excluding hydrogens is 292 g/mol. The number of ether oxygens (including phenoxy) is 1. The third kappa shape index (κ3) is 3.25. The van der Waals surface area contributed by atoms with Gasteiger partial charge in [-0.1, -0.05) is 23.7 Å². The molecule has 0 aliphatic heterocycles. The van der Waals surface area contributed by atoms with Crippen molar-refractivity contribution in [3.8, 4) is 5.75 Å². The molecule has 0 unspecified atom stereocenters. The lowest BCUT2D eigenvalue weighted by atomic mass is 10.1. The van der Waals surface area contributed by atoms with E-state index >= 15 is 0 Å². The van der Waals surface area contributed by atoms with Crippen LogP contribution < -0.4 is 10.5 Å². The van der Waals surface area contributed by atoms with Crippen LogP contribution in [0.4, 0.5) is 11.4 Å². The maximum atomic E-state index is 10.9. The zero-order valence-corrected chi connectivity index (χ0v) is 12.5. The standard InChI is InChI=1S/C15H15ClN2O3/c1-9-6-12(16)7-10(2)15(9)21-8-11-4-3-5-13(14(11)17)18(19)20/h3-7H,8,17H2,1-2H3. The second kappa shape index (κ2) is 6.01. The van der Waals surface area contributed by atoms with Crippen molar-refractivity contribution < 1.29 is 9.66 Å². The Kier molecular flexibility index (Phi) is 4.33. The SMILES string of the molecule is Cc1cc(Cl)cc(C)c1OCc1cccc([N+](=O)[O-])c1N. The minimum atomic E-state index is -0.502. The van der Waals surface area contributed by atoms with Gasteiger partial charge in [-0.3, -0.25) is 10.1 Å². The Morgan fingerprint density at radius 3 is 2.48 bits per heavy atom. The molecule has 6 heteroatoms. The zero-order chi connectivity index (χ0) is 15.6. The normalized spacial score (nSPS) is 10.4. The number of nitro benzene ring substituents is 1. The van der Waals surface area contributed by atoms with Gasteiger partial charge in [0.1, 0.15) is 18.0 Å². The van der Waals surface area contributed by atoms with Gasteiger partial charge in [0.05, 0.1) is 4.92 Å². The molecule has 0 amide bonds. The summed E-state index contributed by atoms with van der Waals surface area (Å²) in [4.78, 5) is 10.4. The van der Waals surface area contributed by atoms with Gasteiger partial charge in [0.15, 0.2) is 0 Å². The number of para-hydroxylation sites is 1. The highest BCUT2D eigenvalue weighted by molar-refractivity contribution is 6.30. The summed E-state index contributed by atoms with van der Waals surface area (Å²) in [5.41, 5.74) is 8.22. The number of benzene rings is 2. The maximum absolute atomic E-state index is 10.9. The van der Waals surface area contributed by atoms with Crippen molar-refractivity contribution in [2.75, 3.05) is 5.73 Å². The second-order valence-electron chi connectivity index (χ2n) is 4.76. The van der Waals surface area contributed by atoms with Crippen molar-refractivity contribution in [3.63, 3.8) is 0 Å². The molecule has 0 aliphatic carbocycles. The van der Waals surface area contributed by atoms with Gasteiger partial charge in [-0.15, -0.1) is 0 Å². The fraction of sp³-hybridized carbons (Fsp3) is 0.200. The van der Waals surface area contributed by atoms with E-state index in [4.69, 9.17) is 22.1 Å². The van der Waals surface area contributed by atoms with E-state index in [-0.39, 0.29) is 18.0 Å². The summed E-state index contributed by atoms with van der Waals surface area (Å²) in [5.74, 6) is 0.713. The van der Waals surface area contributed by atoms with E-state index in [1.54, 1.807) is 24.3 Å². The van der Waals surface area contributed by atoms with Gasteiger partial charge >= 0.3 is 0 Å². The Morgan fingerprint density at radius 2 is 1.90 bits per heavy atom. The quantitative estimate of drug-likeness (QED) is 0.525. The van der Waals surface area contributed by atoms with Gasteiger partial charge < -0.3 is 10.5 Å². The molecule has 0 atom stereocenters. The lowest BCUT2D eigenvalue weighted by molar-refractivity contribution is -0.384. The highest BCUT2D eigenvalue weighted by Gasteiger charge is 2.15. The summed E-state index contributed by atoms with van der Waals surface area (Å²) < 4.78 is 5.76. The number of aryl methyl sites for hydroxylation is 2. The summed E-state index contributed by atoms with van der Waals surface area (Å²) in [6.07, 6.45) is 0. The van der Waals surface area contributed by atoms with Crippen LogP contribution in [-0.2, 0) is 6.61 Å². The van der Waals surface area contributed by atoms with Gasteiger partial charge in [0, 0.05) is 16.7 Å². The van der Waals surface area contributed by atoms with Crippen molar-refractivity contribution in [1.82, 2.24) is 0 Å². The molecule has 0 saturated carbocycles. The number of hydrogen-bond donors (Lipinski definition) is 1. The van der Waals surface area contributed by atoms with Crippen LogP contribution in [0.3, 0.4) is 0 Å². The Bertz CT molecular complexity index is 678. The molecule has 0 heterocycles. The van der Waals surface area contributed by atoms with Gasteiger partial charge in [0.2, 0.25) is 0 Å². The molecule has 2 aromatic rings.